The van der Waals surface area contributed by atoms with E-state index in [9.17, 15) is 4.39 Å². The summed E-state index contributed by atoms with van der Waals surface area (Å²) < 4.78 is 13.2. The number of hydrogen-bond donors (Lipinski definition) is 2. The van der Waals surface area contributed by atoms with Crippen LogP contribution in [0.4, 0.5) is 4.39 Å². The van der Waals surface area contributed by atoms with Gasteiger partial charge in [-0.15, -0.1) is 0 Å². The summed E-state index contributed by atoms with van der Waals surface area (Å²) >= 11 is 6.05. The number of rotatable bonds is 5. The van der Waals surface area contributed by atoms with Gasteiger partial charge in [-0.3, -0.25) is 11.3 Å². The zero-order valence-electron chi connectivity index (χ0n) is 10.5. The van der Waals surface area contributed by atoms with Crippen LogP contribution in [0.1, 0.15) is 26.3 Å². The largest absolute Gasteiger partial charge is 0.271 e. The third kappa shape index (κ3) is 3.95. The molecule has 0 radical (unpaired) electrons. The van der Waals surface area contributed by atoms with Crippen molar-refractivity contribution >= 4 is 11.6 Å². The van der Waals surface area contributed by atoms with Crippen molar-refractivity contribution in [2.45, 2.75) is 33.2 Å². The first-order valence-electron chi connectivity index (χ1n) is 5.85. The molecule has 0 amide bonds. The predicted octanol–water partition coefficient (Wildman–Crippen LogP) is 3.15. The molecule has 3 N–H and O–H groups in total. The molecule has 1 aromatic rings. The van der Waals surface area contributed by atoms with Crippen LogP contribution in [0.5, 0.6) is 0 Å². The van der Waals surface area contributed by atoms with E-state index < -0.39 is 0 Å². The molecule has 96 valence electrons. The third-order valence-corrected chi connectivity index (χ3v) is 3.72. The van der Waals surface area contributed by atoms with Gasteiger partial charge in [0.05, 0.1) is 0 Å². The number of nitrogens with one attached hydrogen (secondary N) is 1. The molecule has 0 aliphatic heterocycles. The van der Waals surface area contributed by atoms with Crippen molar-refractivity contribution in [3.05, 3.63) is 34.6 Å². The minimum atomic E-state index is -0.266. The molecule has 0 spiro atoms. The molecule has 0 saturated heterocycles. The second kappa shape index (κ2) is 6.34. The molecule has 17 heavy (non-hydrogen) atoms. The molecule has 0 aliphatic rings. The van der Waals surface area contributed by atoms with Crippen LogP contribution in [0, 0.1) is 17.7 Å². The highest BCUT2D eigenvalue weighted by Gasteiger charge is 2.20. The average Bonchev–Trinajstić information content (AvgIpc) is 2.29. The smallest absolute Gasteiger partial charge is 0.123 e. The average molecular weight is 259 g/mol. The van der Waals surface area contributed by atoms with Crippen molar-refractivity contribution in [3.63, 3.8) is 0 Å². The highest BCUT2D eigenvalue weighted by Crippen LogP contribution is 2.23. The Balaban J connectivity index is 2.83. The summed E-state index contributed by atoms with van der Waals surface area (Å²) in [7, 11) is 0. The maximum atomic E-state index is 13.2. The summed E-state index contributed by atoms with van der Waals surface area (Å²) in [5.41, 5.74) is 3.59. The van der Waals surface area contributed by atoms with Crippen molar-refractivity contribution < 1.29 is 4.39 Å². The van der Waals surface area contributed by atoms with Gasteiger partial charge < -0.3 is 0 Å². The van der Waals surface area contributed by atoms with Gasteiger partial charge in [-0.05, 0) is 42.0 Å². The van der Waals surface area contributed by atoms with Crippen LogP contribution >= 0.6 is 11.6 Å². The lowest BCUT2D eigenvalue weighted by molar-refractivity contribution is 0.299. The van der Waals surface area contributed by atoms with E-state index in [4.69, 9.17) is 17.4 Å². The molecule has 0 heterocycles. The van der Waals surface area contributed by atoms with E-state index in [0.717, 1.165) is 5.56 Å². The van der Waals surface area contributed by atoms with E-state index in [2.05, 4.69) is 26.2 Å². The van der Waals surface area contributed by atoms with Crippen LogP contribution in [0.2, 0.25) is 5.02 Å². The maximum absolute atomic E-state index is 13.2. The maximum Gasteiger partial charge on any atom is 0.123 e. The second-order valence-electron chi connectivity index (χ2n) is 4.82. The minimum Gasteiger partial charge on any atom is -0.271 e. The van der Waals surface area contributed by atoms with E-state index in [1.54, 1.807) is 6.07 Å². The molecule has 2 atom stereocenters. The molecule has 1 rings (SSSR count). The number of benzene rings is 1. The van der Waals surface area contributed by atoms with E-state index in [1.807, 2.05) is 0 Å². The van der Waals surface area contributed by atoms with Crippen LogP contribution in [-0.2, 0) is 6.42 Å². The predicted molar refractivity (Wildman–Crippen MR) is 70.2 cm³/mol. The van der Waals surface area contributed by atoms with E-state index in [1.165, 1.54) is 12.1 Å². The minimum absolute atomic E-state index is 0.0919. The molecule has 0 fully saturated rings. The van der Waals surface area contributed by atoms with Gasteiger partial charge in [0.1, 0.15) is 5.82 Å². The van der Waals surface area contributed by atoms with Gasteiger partial charge in [0, 0.05) is 11.1 Å². The lowest BCUT2D eigenvalue weighted by Gasteiger charge is -2.26. The van der Waals surface area contributed by atoms with E-state index in [-0.39, 0.29) is 11.9 Å². The summed E-state index contributed by atoms with van der Waals surface area (Å²) in [6.07, 6.45) is 0.631. The molecule has 0 saturated carbocycles. The quantitative estimate of drug-likeness (QED) is 0.629. The fraction of sp³-hybridized carbons (Fsp3) is 0.538. The van der Waals surface area contributed by atoms with Crippen molar-refractivity contribution in [2.75, 3.05) is 0 Å². The molecule has 2 nitrogen and oxygen atoms in total. The first-order valence-corrected chi connectivity index (χ1v) is 6.23. The number of nitrogens with two attached hydrogens (primary N) is 1. The Morgan fingerprint density at radius 2 is 2.00 bits per heavy atom. The molecule has 2 unspecified atom stereocenters. The van der Waals surface area contributed by atoms with E-state index >= 15 is 0 Å². The number of halogens is 2. The summed E-state index contributed by atoms with van der Waals surface area (Å²) in [5, 5.41) is 0.586. The standard InChI is InChI=1S/C13H20ClFN2/c1-8(2)9(3)13(17-16)7-10-6-11(15)4-5-12(10)14/h4-6,8-9,13,17H,7,16H2,1-3H3. The molecule has 0 bridgehead atoms. The van der Waals surface area contributed by atoms with E-state index in [0.29, 0.717) is 23.3 Å². The van der Waals surface area contributed by atoms with Gasteiger partial charge in [-0.25, -0.2) is 4.39 Å². The summed E-state index contributed by atoms with van der Waals surface area (Å²) in [5.74, 6) is 6.19. The Hall–Kier alpha value is -0.640. The van der Waals surface area contributed by atoms with Gasteiger partial charge in [-0.2, -0.15) is 0 Å². The van der Waals surface area contributed by atoms with Gasteiger partial charge in [0.15, 0.2) is 0 Å². The molecule has 1 aromatic carbocycles. The fourth-order valence-electron chi connectivity index (χ4n) is 1.80. The Labute approximate surface area is 107 Å². The van der Waals surface area contributed by atoms with Gasteiger partial charge in [-0.1, -0.05) is 32.4 Å². The van der Waals surface area contributed by atoms with Gasteiger partial charge in [0.2, 0.25) is 0 Å². The van der Waals surface area contributed by atoms with Crippen LogP contribution in [0.15, 0.2) is 18.2 Å². The third-order valence-electron chi connectivity index (χ3n) is 3.35. The Morgan fingerprint density at radius 1 is 1.35 bits per heavy atom. The number of hydrogen-bond acceptors (Lipinski definition) is 2. The molecule has 0 aliphatic carbocycles. The number of hydrazine groups is 1. The summed E-state index contributed by atoms with van der Waals surface area (Å²) in [6, 6.07) is 4.51. The first kappa shape index (κ1) is 14.4. The lowest BCUT2D eigenvalue weighted by atomic mass is 9.87. The highest BCUT2D eigenvalue weighted by molar-refractivity contribution is 6.31. The molecule has 4 heteroatoms. The van der Waals surface area contributed by atoms with Gasteiger partial charge in [0.25, 0.3) is 0 Å². The monoisotopic (exact) mass is 258 g/mol. The summed E-state index contributed by atoms with van der Waals surface area (Å²) in [4.78, 5) is 0. The summed E-state index contributed by atoms with van der Waals surface area (Å²) in [6.45, 7) is 6.41. The normalized spacial score (nSPS) is 15.0. The van der Waals surface area contributed by atoms with Crippen molar-refractivity contribution in [3.8, 4) is 0 Å². The molecule has 0 aromatic heterocycles. The highest BCUT2D eigenvalue weighted by atomic mass is 35.5. The van der Waals surface area contributed by atoms with Crippen molar-refractivity contribution in [1.29, 1.82) is 0 Å². The topological polar surface area (TPSA) is 38.0 Å². The molecular formula is C13H20ClFN2. The van der Waals surface area contributed by atoms with Crippen molar-refractivity contribution in [1.82, 2.24) is 5.43 Å². The molecular weight excluding hydrogens is 239 g/mol. The van der Waals surface area contributed by atoms with Crippen molar-refractivity contribution in [2.24, 2.45) is 17.7 Å². The first-order chi connectivity index (χ1) is 7.95. The van der Waals surface area contributed by atoms with Crippen LogP contribution in [0.3, 0.4) is 0 Å². The Morgan fingerprint density at radius 3 is 2.53 bits per heavy atom. The Kier molecular flexibility index (Phi) is 5.37. The zero-order valence-corrected chi connectivity index (χ0v) is 11.3. The Bertz CT molecular complexity index is 368. The van der Waals surface area contributed by atoms with Crippen LogP contribution in [0.25, 0.3) is 0 Å². The second-order valence-corrected chi connectivity index (χ2v) is 5.22. The van der Waals surface area contributed by atoms with Crippen LogP contribution in [-0.4, -0.2) is 6.04 Å². The fourth-order valence-corrected chi connectivity index (χ4v) is 1.99. The SMILES string of the molecule is CC(C)C(C)C(Cc1cc(F)ccc1Cl)NN. The lowest BCUT2D eigenvalue weighted by Crippen LogP contribution is -2.43. The van der Waals surface area contributed by atoms with Crippen LogP contribution < -0.4 is 11.3 Å². The van der Waals surface area contributed by atoms with Gasteiger partial charge >= 0.3 is 0 Å². The zero-order chi connectivity index (χ0) is 13.0.